The zero-order chi connectivity index (χ0) is 11.0. The van der Waals surface area contributed by atoms with Crippen molar-refractivity contribution >= 4 is 0 Å². The van der Waals surface area contributed by atoms with Gasteiger partial charge in [0.15, 0.2) is 0 Å². The summed E-state index contributed by atoms with van der Waals surface area (Å²) in [6, 6.07) is 3.67. The van der Waals surface area contributed by atoms with Crippen LogP contribution in [0, 0.1) is 0 Å². The molecular formula is C8H8F3N. The molecule has 1 rings (SSSR count). The van der Waals surface area contributed by atoms with Crippen LogP contribution in [0.4, 0.5) is 13.2 Å². The highest BCUT2D eigenvalue weighted by Crippen LogP contribution is 2.28. The summed E-state index contributed by atoms with van der Waals surface area (Å²) >= 11 is 0. The minimum Gasteiger partial charge on any atom is -0.326 e. The fourth-order valence-corrected chi connectivity index (χ4v) is 0.755. The zero-order valence-corrected chi connectivity index (χ0v) is 6.02. The third-order valence-corrected chi connectivity index (χ3v) is 1.38. The van der Waals surface area contributed by atoms with E-state index in [2.05, 4.69) is 0 Å². The van der Waals surface area contributed by atoms with E-state index in [0.29, 0.717) is 0 Å². The number of halogens is 3. The van der Waals surface area contributed by atoms with Crippen LogP contribution in [0.3, 0.4) is 0 Å². The van der Waals surface area contributed by atoms with Gasteiger partial charge in [-0.1, -0.05) is 12.1 Å². The topological polar surface area (TPSA) is 26.0 Å². The Morgan fingerprint density at radius 3 is 2.08 bits per heavy atom. The number of nitrogens with two attached hydrogens (primary N) is 1. The van der Waals surface area contributed by atoms with Crippen LogP contribution in [-0.2, 0) is 12.7 Å². The summed E-state index contributed by atoms with van der Waals surface area (Å²) < 4.78 is 50.4. The first-order valence-electron chi connectivity index (χ1n) is 4.18. The molecule has 0 aliphatic heterocycles. The van der Waals surface area contributed by atoms with Gasteiger partial charge in [0.25, 0.3) is 0 Å². The highest BCUT2D eigenvalue weighted by atomic mass is 19.4. The molecule has 0 amide bonds. The van der Waals surface area contributed by atoms with Gasteiger partial charge in [-0.3, -0.25) is 0 Å². The zero-order valence-electron chi connectivity index (χ0n) is 8.02. The Hall–Kier alpha value is -1.03. The van der Waals surface area contributed by atoms with E-state index in [1.54, 1.807) is 0 Å². The molecule has 0 bridgehead atoms. The van der Waals surface area contributed by atoms with Crippen molar-refractivity contribution < 1.29 is 15.9 Å². The average Bonchev–Trinajstić information content (AvgIpc) is 2.01. The van der Waals surface area contributed by atoms with Crippen LogP contribution in [0.15, 0.2) is 24.3 Å². The molecular weight excluding hydrogens is 167 g/mol. The minimum absolute atomic E-state index is 0.0190. The summed E-state index contributed by atoms with van der Waals surface area (Å²) in [5, 5.41) is 0. The number of rotatable bonds is 1. The minimum atomic E-state index is -4.40. The predicted octanol–water partition coefficient (Wildman–Crippen LogP) is 2.16. The molecule has 1 aromatic rings. The van der Waals surface area contributed by atoms with Gasteiger partial charge in [0.2, 0.25) is 0 Å². The lowest BCUT2D eigenvalue weighted by molar-refractivity contribution is -0.137. The second-order valence-electron chi connectivity index (χ2n) is 2.22. The van der Waals surface area contributed by atoms with Crippen molar-refractivity contribution in [3.05, 3.63) is 35.4 Å². The maximum atomic E-state index is 12.1. The Balaban J connectivity index is 3.02. The van der Waals surface area contributed by atoms with Crippen molar-refractivity contribution in [2.45, 2.75) is 12.7 Å². The molecule has 0 saturated carbocycles. The van der Waals surface area contributed by atoms with Crippen LogP contribution in [0.1, 0.15) is 13.9 Å². The Morgan fingerprint density at radius 2 is 1.75 bits per heavy atom. The second-order valence-corrected chi connectivity index (χ2v) is 2.22. The quantitative estimate of drug-likeness (QED) is 0.698. The SMILES string of the molecule is [2H]C([2H])(N)c1ccc(C(F)(F)F)cc1. The van der Waals surface area contributed by atoms with Gasteiger partial charge in [-0.05, 0) is 17.7 Å². The van der Waals surface area contributed by atoms with Gasteiger partial charge in [-0.2, -0.15) is 13.2 Å². The molecule has 2 N–H and O–H groups in total. The molecule has 12 heavy (non-hydrogen) atoms. The lowest BCUT2D eigenvalue weighted by Gasteiger charge is -2.06. The first-order valence-corrected chi connectivity index (χ1v) is 3.18. The van der Waals surface area contributed by atoms with E-state index < -0.39 is 18.2 Å². The summed E-state index contributed by atoms with van der Waals surface area (Å²) in [5.41, 5.74) is 4.27. The Morgan fingerprint density at radius 1 is 1.25 bits per heavy atom. The predicted molar refractivity (Wildman–Crippen MR) is 39.3 cm³/mol. The lowest BCUT2D eigenvalue weighted by Crippen LogP contribution is -2.05. The lowest BCUT2D eigenvalue weighted by atomic mass is 10.1. The molecule has 0 aliphatic rings. The van der Waals surface area contributed by atoms with Gasteiger partial charge in [-0.25, -0.2) is 0 Å². The molecule has 0 fully saturated rings. The molecule has 66 valence electrons. The molecule has 0 aromatic heterocycles. The molecule has 1 nitrogen and oxygen atoms in total. The summed E-state index contributed by atoms with van der Waals surface area (Å²) in [6.45, 7) is -2.11. The van der Waals surface area contributed by atoms with E-state index in [1.165, 1.54) is 0 Å². The fourth-order valence-electron chi connectivity index (χ4n) is 0.755. The molecule has 0 heterocycles. The summed E-state index contributed by atoms with van der Waals surface area (Å²) in [5.74, 6) is 0. The molecule has 0 spiro atoms. The summed E-state index contributed by atoms with van der Waals surface area (Å²) in [4.78, 5) is 0. The van der Waals surface area contributed by atoms with Crippen molar-refractivity contribution in [1.82, 2.24) is 0 Å². The van der Waals surface area contributed by atoms with Crippen molar-refractivity contribution in [1.29, 1.82) is 0 Å². The van der Waals surface area contributed by atoms with Gasteiger partial charge in [0.1, 0.15) is 0 Å². The third-order valence-electron chi connectivity index (χ3n) is 1.38. The Kier molecular flexibility index (Phi) is 1.70. The number of benzene rings is 1. The standard InChI is InChI=1S/C8H8F3N/c9-8(10,11)7-3-1-6(5-12)2-4-7/h1-4H,5,12H2/i5D2. The average molecular weight is 177 g/mol. The summed E-state index contributed by atoms with van der Waals surface area (Å²) in [6.07, 6.45) is -4.40. The first kappa shape index (κ1) is 6.48. The van der Waals surface area contributed by atoms with Crippen LogP contribution in [0.5, 0.6) is 0 Å². The van der Waals surface area contributed by atoms with E-state index in [-0.39, 0.29) is 5.56 Å². The van der Waals surface area contributed by atoms with Gasteiger partial charge in [0, 0.05) is 9.24 Å². The van der Waals surface area contributed by atoms with E-state index in [9.17, 15) is 13.2 Å². The smallest absolute Gasteiger partial charge is 0.326 e. The molecule has 0 atom stereocenters. The van der Waals surface area contributed by atoms with Gasteiger partial charge < -0.3 is 5.73 Å². The van der Waals surface area contributed by atoms with Gasteiger partial charge in [-0.15, -0.1) is 0 Å². The molecule has 0 aliphatic carbocycles. The van der Waals surface area contributed by atoms with Crippen LogP contribution >= 0.6 is 0 Å². The van der Waals surface area contributed by atoms with E-state index in [4.69, 9.17) is 8.48 Å². The van der Waals surface area contributed by atoms with E-state index in [1.807, 2.05) is 0 Å². The molecule has 1 aromatic carbocycles. The molecule has 0 radical (unpaired) electrons. The van der Waals surface area contributed by atoms with Gasteiger partial charge >= 0.3 is 6.18 Å². The summed E-state index contributed by atoms with van der Waals surface area (Å²) in [7, 11) is 0. The highest BCUT2D eigenvalue weighted by molar-refractivity contribution is 5.24. The Bertz CT molecular complexity index is 280. The van der Waals surface area contributed by atoms with Crippen molar-refractivity contribution in [2.24, 2.45) is 5.73 Å². The normalized spacial score (nSPS) is 15.3. The Labute approximate surface area is 70.8 Å². The maximum absolute atomic E-state index is 12.1. The van der Waals surface area contributed by atoms with E-state index >= 15 is 0 Å². The highest BCUT2D eigenvalue weighted by Gasteiger charge is 2.29. The van der Waals surface area contributed by atoms with Crippen molar-refractivity contribution in [2.75, 3.05) is 0 Å². The maximum Gasteiger partial charge on any atom is 0.416 e. The second kappa shape index (κ2) is 3.15. The number of hydrogen-bond acceptors (Lipinski definition) is 1. The van der Waals surface area contributed by atoms with Crippen molar-refractivity contribution in [3.63, 3.8) is 0 Å². The number of hydrogen-bond donors (Lipinski definition) is 1. The van der Waals surface area contributed by atoms with Crippen LogP contribution < -0.4 is 5.73 Å². The van der Waals surface area contributed by atoms with Crippen LogP contribution in [-0.4, -0.2) is 0 Å². The largest absolute Gasteiger partial charge is 0.416 e. The van der Waals surface area contributed by atoms with Crippen LogP contribution in [0.2, 0.25) is 0 Å². The fraction of sp³-hybridized carbons (Fsp3) is 0.250. The molecule has 0 saturated heterocycles. The molecule has 0 unspecified atom stereocenters. The van der Waals surface area contributed by atoms with Crippen LogP contribution in [0.25, 0.3) is 0 Å². The van der Waals surface area contributed by atoms with Gasteiger partial charge in [0.05, 0.1) is 5.56 Å². The number of alkyl halides is 3. The van der Waals surface area contributed by atoms with Crippen molar-refractivity contribution in [3.8, 4) is 0 Å². The first-order chi connectivity index (χ1) is 6.21. The third kappa shape index (κ3) is 1.98. The monoisotopic (exact) mass is 177 g/mol. The molecule has 4 heteroatoms. The van der Waals surface area contributed by atoms with E-state index in [0.717, 1.165) is 24.3 Å².